The zero-order valence-electron chi connectivity index (χ0n) is 4.42. The van der Waals surface area contributed by atoms with Gasteiger partial charge in [-0.15, -0.1) is 4.84 Å². The van der Waals surface area contributed by atoms with Crippen molar-refractivity contribution in [2.45, 2.75) is 13.0 Å². The van der Waals surface area contributed by atoms with Crippen molar-refractivity contribution in [2.24, 2.45) is 5.73 Å². The Morgan fingerprint density at radius 2 is 2.50 bits per heavy atom. The normalized spacial score (nSPS) is 11.6. The molecule has 0 aromatic carbocycles. The first-order chi connectivity index (χ1) is 3.68. The number of rotatable bonds is 1. The molecule has 0 rings (SSSR count). The van der Waals surface area contributed by atoms with Crippen molar-refractivity contribution >= 4 is 5.97 Å². The van der Waals surface area contributed by atoms with Gasteiger partial charge < -0.3 is 5.73 Å². The Labute approximate surface area is 47.0 Å². The van der Waals surface area contributed by atoms with Crippen LogP contribution in [0.5, 0.6) is 0 Å². The van der Waals surface area contributed by atoms with Gasteiger partial charge in [0.1, 0.15) is 6.04 Å². The smallest absolute Gasteiger partial charge is 0.318 e. The minimum absolute atomic E-state index is 0.694. The molecule has 2 N–H and O–H groups in total. The van der Waals surface area contributed by atoms with E-state index in [1.54, 1.807) is 0 Å². The van der Waals surface area contributed by atoms with E-state index in [0.717, 1.165) is 0 Å². The Bertz CT molecular complexity index is 124. The quantitative estimate of drug-likeness (QED) is 0.376. The molecule has 4 heteroatoms. The van der Waals surface area contributed by atoms with Gasteiger partial charge in [-0.05, 0) is 11.9 Å². The molecule has 1 atom stereocenters. The van der Waals surface area contributed by atoms with Crippen LogP contribution in [0, 0.1) is 6.57 Å². The molecule has 0 unspecified atom stereocenters. The summed E-state index contributed by atoms with van der Waals surface area (Å²) in [5.41, 5.74) is 5.00. The molecule has 0 saturated carbocycles. The molecule has 0 fully saturated rings. The van der Waals surface area contributed by atoms with Crippen LogP contribution in [0.25, 0.3) is 5.01 Å². The SMILES string of the molecule is [C-]#[N+]OC(=O)[C@H](C)N. The van der Waals surface area contributed by atoms with Crippen LogP contribution in [0.3, 0.4) is 0 Å². The number of carbonyl (C=O) groups excluding carboxylic acids is 1. The van der Waals surface area contributed by atoms with Gasteiger partial charge in [-0.2, -0.15) is 6.57 Å². The van der Waals surface area contributed by atoms with Gasteiger partial charge >= 0.3 is 5.97 Å². The summed E-state index contributed by atoms with van der Waals surface area (Å²) in [7, 11) is 0. The molecule has 0 bridgehead atoms. The van der Waals surface area contributed by atoms with E-state index >= 15 is 0 Å². The highest BCUT2D eigenvalue weighted by Crippen LogP contribution is 1.81. The summed E-state index contributed by atoms with van der Waals surface area (Å²) in [6.07, 6.45) is 0. The third kappa shape index (κ3) is 2.16. The highest BCUT2D eigenvalue weighted by Gasteiger charge is 2.11. The van der Waals surface area contributed by atoms with Crippen LogP contribution in [0.4, 0.5) is 0 Å². The maximum atomic E-state index is 10.2. The fraction of sp³-hybridized carbons (Fsp3) is 0.500. The second-order valence-corrected chi connectivity index (χ2v) is 1.29. The van der Waals surface area contributed by atoms with Crippen LogP contribution >= 0.6 is 0 Å². The molecule has 0 aliphatic heterocycles. The number of carbonyl (C=O) groups is 1. The van der Waals surface area contributed by atoms with Gasteiger partial charge in [-0.3, -0.25) is 0 Å². The number of hydrogen-bond acceptors (Lipinski definition) is 3. The lowest BCUT2D eigenvalue weighted by Gasteiger charge is -1.90. The van der Waals surface area contributed by atoms with E-state index in [0.29, 0.717) is 0 Å². The molecule has 0 aromatic heterocycles. The zero-order chi connectivity index (χ0) is 6.57. The molecule has 0 aromatic rings. The van der Waals surface area contributed by atoms with Gasteiger partial charge in [0.25, 0.3) is 0 Å². The van der Waals surface area contributed by atoms with Gasteiger partial charge in [0.05, 0.1) is 0 Å². The summed E-state index contributed by atoms with van der Waals surface area (Å²) >= 11 is 0. The Kier molecular flexibility index (Phi) is 2.59. The van der Waals surface area contributed by atoms with Crippen molar-refractivity contribution in [3.8, 4) is 0 Å². The predicted octanol–water partition coefficient (Wildman–Crippen LogP) is -0.289. The summed E-state index contributed by atoms with van der Waals surface area (Å²) < 4.78 is 0. The maximum Gasteiger partial charge on any atom is 0.411 e. The minimum atomic E-state index is -0.705. The van der Waals surface area contributed by atoms with Crippen molar-refractivity contribution < 1.29 is 9.63 Å². The average molecular weight is 114 g/mol. The standard InChI is InChI=1S/C4H6N2O2/c1-3(5)4(7)8-6-2/h3H,5H2,1H3/t3-/m0/s1. The van der Waals surface area contributed by atoms with Crippen LogP contribution in [-0.4, -0.2) is 12.0 Å². The monoisotopic (exact) mass is 114 g/mol. The molecule has 0 spiro atoms. The Balaban J connectivity index is 3.53. The molecule has 0 radical (unpaired) electrons. The first kappa shape index (κ1) is 6.92. The Morgan fingerprint density at radius 3 is 2.62 bits per heavy atom. The fourth-order valence-corrected chi connectivity index (χ4v) is 0.128. The lowest BCUT2D eigenvalue weighted by atomic mass is 10.4. The van der Waals surface area contributed by atoms with Gasteiger partial charge in [0, 0.05) is 0 Å². The lowest BCUT2D eigenvalue weighted by Crippen LogP contribution is -2.26. The van der Waals surface area contributed by atoms with E-state index in [1.807, 2.05) is 0 Å². The molecule has 44 valence electrons. The third-order valence-electron chi connectivity index (χ3n) is 0.507. The van der Waals surface area contributed by atoms with Gasteiger partial charge in [0.2, 0.25) is 0 Å². The molecule has 0 saturated heterocycles. The average Bonchev–Trinajstić information content (AvgIpc) is 1.67. The molecule has 4 nitrogen and oxygen atoms in total. The van der Waals surface area contributed by atoms with Crippen molar-refractivity contribution in [2.75, 3.05) is 0 Å². The number of hydrogen-bond donors (Lipinski definition) is 1. The minimum Gasteiger partial charge on any atom is -0.318 e. The fourth-order valence-electron chi connectivity index (χ4n) is 0.128. The second kappa shape index (κ2) is 2.99. The van der Waals surface area contributed by atoms with E-state index in [2.05, 4.69) is 9.85 Å². The van der Waals surface area contributed by atoms with Crippen molar-refractivity contribution in [3.05, 3.63) is 11.6 Å². The number of nitrogens with two attached hydrogens (primary N) is 1. The second-order valence-electron chi connectivity index (χ2n) is 1.29. The van der Waals surface area contributed by atoms with E-state index in [9.17, 15) is 4.79 Å². The topological polar surface area (TPSA) is 56.7 Å². The van der Waals surface area contributed by atoms with Gasteiger partial charge in [-0.1, -0.05) is 0 Å². The zero-order valence-corrected chi connectivity index (χ0v) is 4.42. The Hall–Kier alpha value is -1.08. The van der Waals surface area contributed by atoms with Crippen LogP contribution in [-0.2, 0) is 9.63 Å². The van der Waals surface area contributed by atoms with E-state index in [1.165, 1.54) is 6.92 Å². The Morgan fingerprint density at radius 1 is 2.00 bits per heavy atom. The van der Waals surface area contributed by atoms with Crippen LogP contribution < -0.4 is 5.73 Å². The highest BCUT2D eigenvalue weighted by molar-refractivity contribution is 5.75. The molecular formula is C4H6N2O2. The lowest BCUT2D eigenvalue weighted by molar-refractivity contribution is -0.139. The predicted molar refractivity (Wildman–Crippen MR) is 26.3 cm³/mol. The van der Waals surface area contributed by atoms with Crippen LogP contribution in [0.15, 0.2) is 0 Å². The molecule has 0 heterocycles. The van der Waals surface area contributed by atoms with Crippen molar-refractivity contribution in [1.82, 2.24) is 0 Å². The summed E-state index contributed by atoms with van der Waals surface area (Å²) in [5, 5.41) is 2.38. The third-order valence-corrected chi connectivity index (χ3v) is 0.507. The molecule has 0 amide bonds. The van der Waals surface area contributed by atoms with E-state index in [4.69, 9.17) is 12.3 Å². The summed E-state index contributed by atoms with van der Waals surface area (Å²) in [6, 6.07) is -0.705. The van der Waals surface area contributed by atoms with E-state index in [-0.39, 0.29) is 0 Å². The highest BCUT2D eigenvalue weighted by atomic mass is 16.7. The van der Waals surface area contributed by atoms with Crippen LogP contribution in [0.2, 0.25) is 0 Å². The molecule has 8 heavy (non-hydrogen) atoms. The van der Waals surface area contributed by atoms with Gasteiger partial charge in [-0.25, -0.2) is 4.79 Å². The summed E-state index contributed by atoms with van der Waals surface area (Å²) in [5.74, 6) is -0.694. The summed E-state index contributed by atoms with van der Waals surface area (Å²) in [4.78, 5) is 14.0. The molecular weight excluding hydrogens is 108 g/mol. The van der Waals surface area contributed by atoms with Crippen molar-refractivity contribution in [3.63, 3.8) is 0 Å². The molecule has 0 aliphatic rings. The molecule has 0 aliphatic carbocycles. The summed E-state index contributed by atoms with van der Waals surface area (Å²) in [6.45, 7) is 7.50. The van der Waals surface area contributed by atoms with Crippen LogP contribution in [0.1, 0.15) is 6.92 Å². The first-order valence-electron chi connectivity index (χ1n) is 2.01. The number of nitrogens with zero attached hydrogens (tertiary/aromatic N) is 1. The van der Waals surface area contributed by atoms with E-state index < -0.39 is 12.0 Å². The largest absolute Gasteiger partial charge is 0.411 e. The van der Waals surface area contributed by atoms with Crippen molar-refractivity contribution in [1.29, 1.82) is 0 Å². The van der Waals surface area contributed by atoms with Gasteiger partial charge in [0.15, 0.2) is 0 Å². The first-order valence-corrected chi connectivity index (χ1v) is 2.01. The maximum absolute atomic E-state index is 10.2.